The molecule has 2 heterocycles. The van der Waals surface area contributed by atoms with Crippen molar-refractivity contribution in [2.45, 2.75) is 32.9 Å². The van der Waals surface area contributed by atoms with E-state index in [1.807, 2.05) is 46.8 Å². The number of hydrogen-bond donors (Lipinski definition) is 0. The van der Waals surface area contributed by atoms with Crippen LogP contribution in [0.3, 0.4) is 0 Å². The fourth-order valence-electron chi connectivity index (χ4n) is 2.93. The van der Waals surface area contributed by atoms with Gasteiger partial charge in [0.15, 0.2) is 0 Å². The number of amides is 1. The summed E-state index contributed by atoms with van der Waals surface area (Å²) >= 11 is 1.47. The van der Waals surface area contributed by atoms with Crippen LogP contribution in [-0.4, -0.2) is 21.9 Å². The summed E-state index contributed by atoms with van der Waals surface area (Å²) in [5, 5.41) is 1.93. The minimum absolute atomic E-state index is 0.0759. The number of hydrogen-bond acceptors (Lipinski definition) is 2. The zero-order chi connectivity index (χ0) is 18.4. The van der Waals surface area contributed by atoms with Crippen LogP contribution in [0, 0.1) is 5.82 Å². The van der Waals surface area contributed by atoms with Crippen molar-refractivity contribution in [2.24, 2.45) is 0 Å². The van der Waals surface area contributed by atoms with Gasteiger partial charge >= 0.3 is 0 Å². The molecule has 1 aromatic carbocycles. The lowest BCUT2D eigenvalue weighted by atomic mass is 10.2. The SMILES string of the molecule is CCCCN(Cc1cccn1Cc1cccc(F)c1)C(=O)c1cccs1. The van der Waals surface area contributed by atoms with Crippen molar-refractivity contribution in [2.75, 3.05) is 6.54 Å². The maximum absolute atomic E-state index is 13.4. The van der Waals surface area contributed by atoms with Gasteiger partial charge in [-0.05, 0) is 47.7 Å². The molecule has 0 saturated carbocycles. The zero-order valence-corrected chi connectivity index (χ0v) is 15.7. The molecule has 0 fully saturated rings. The Balaban J connectivity index is 1.77. The Labute approximate surface area is 157 Å². The maximum atomic E-state index is 13.4. The molecule has 0 aliphatic rings. The van der Waals surface area contributed by atoms with E-state index >= 15 is 0 Å². The standard InChI is InChI=1S/C21H23FN2OS/c1-2-3-11-24(21(25)20-10-6-13-26-20)16-19-9-5-12-23(19)15-17-7-4-8-18(22)14-17/h4-10,12-14H,2-3,11,15-16H2,1H3. The average molecular weight is 370 g/mol. The molecular weight excluding hydrogens is 347 g/mol. The smallest absolute Gasteiger partial charge is 0.264 e. The van der Waals surface area contributed by atoms with Gasteiger partial charge in [0.05, 0.1) is 11.4 Å². The molecule has 0 aliphatic carbocycles. The van der Waals surface area contributed by atoms with E-state index in [1.165, 1.54) is 17.4 Å². The van der Waals surface area contributed by atoms with Crippen molar-refractivity contribution in [3.05, 3.63) is 82.1 Å². The Kier molecular flexibility index (Phi) is 6.23. The van der Waals surface area contributed by atoms with Crippen LogP contribution >= 0.6 is 11.3 Å². The Morgan fingerprint density at radius 2 is 2.08 bits per heavy atom. The highest BCUT2D eigenvalue weighted by atomic mass is 32.1. The van der Waals surface area contributed by atoms with Crippen molar-refractivity contribution in [1.29, 1.82) is 0 Å². The molecule has 136 valence electrons. The highest BCUT2D eigenvalue weighted by Gasteiger charge is 2.18. The fraction of sp³-hybridized carbons (Fsp3) is 0.286. The fourth-order valence-corrected chi connectivity index (χ4v) is 3.62. The maximum Gasteiger partial charge on any atom is 0.264 e. The van der Waals surface area contributed by atoms with Gasteiger partial charge in [0.1, 0.15) is 5.82 Å². The molecule has 1 amide bonds. The summed E-state index contributed by atoms with van der Waals surface area (Å²) < 4.78 is 15.5. The molecule has 0 bridgehead atoms. The molecule has 0 spiro atoms. The predicted octanol–water partition coefficient (Wildman–Crippen LogP) is 5.18. The van der Waals surface area contributed by atoms with Gasteiger partial charge in [-0.2, -0.15) is 0 Å². The van der Waals surface area contributed by atoms with Crippen LogP contribution in [-0.2, 0) is 13.1 Å². The number of unbranched alkanes of at least 4 members (excludes halogenated alkanes) is 1. The second kappa shape index (κ2) is 8.81. The molecule has 0 aliphatic heterocycles. The quantitative estimate of drug-likeness (QED) is 0.536. The Morgan fingerprint density at radius 3 is 2.81 bits per heavy atom. The zero-order valence-electron chi connectivity index (χ0n) is 14.9. The van der Waals surface area contributed by atoms with Gasteiger partial charge in [0.25, 0.3) is 5.91 Å². The van der Waals surface area contributed by atoms with Crippen LogP contribution in [0.15, 0.2) is 60.1 Å². The number of halogens is 1. The molecule has 5 heteroatoms. The molecule has 0 N–H and O–H groups in total. The predicted molar refractivity (Wildman–Crippen MR) is 104 cm³/mol. The van der Waals surface area contributed by atoms with E-state index in [9.17, 15) is 9.18 Å². The lowest BCUT2D eigenvalue weighted by molar-refractivity contribution is 0.0742. The highest BCUT2D eigenvalue weighted by Crippen LogP contribution is 2.17. The van der Waals surface area contributed by atoms with Crippen molar-refractivity contribution in [3.63, 3.8) is 0 Å². The molecule has 3 rings (SSSR count). The first-order valence-corrected chi connectivity index (χ1v) is 9.76. The molecule has 3 nitrogen and oxygen atoms in total. The van der Waals surface area contributed by atoms with Gasteiger partial charge in [0, 0.05) is 25.0 Å². The summed E-state index contributed by atoms with van der Waals surface area (Å²) in [4.78, 5) is 15.5. The monoisotopic (exact) mass is 370 g/mol. The van der Waals surface area contributed by atoms with E-state index in [4.69, 9.17) is 0 Å². The molecule has 2 aromatic heterocycles. The lowest BCUT2D eigenvalue weighted by Gasteiger charge is -2.23. The first kappa shape index (κ1) is 18.4. The van der Waals surface area contributed by atoms with Gasteiger partial charge in [-0.25, -0.2) is 4.39 Å². The third kappa shape index (κ3) is 4.61. The number of carbonyl (C=O) groups excluding carboxylic acids is 1. The number of benzene rings is 1. The largest absolute Gasteiger partial charge is 0.345 e. The minimum Gasteiger partial charge on any atom is -0.345 e. The Bertz CT molecular complexity index is 841. The van der Waals surface area contributed by atoms with E-state index in [-0.39, 0.29) is 11.7 Å². The second-order valence-corrected chi connectivity index (χ2v) is 7.26. The van der Waals surface area contributed by atoms with E-state index in [0.717, 1.165) is 35.5 Å². The van der Waals surface area contributed by atoms with Gasteiger partial charge in [-0.3, -0.25) is 4.79 Å². The van der Waals surface area contributed by atoms with Crippen molar-refractivity contribution in [3.8, 4) is 0 Å². The summed E-state index contributed by atoms with van der Waals surface area (Å²) in [6.07, 6.45) is 3.99. The van der Waals surface area contributed by atoms with Crippen molar-refractivity contribution in [1.82, 2.24) is 9.47 Å². The van der Waals surface area contributed by atoms with Crippen LogP contribution in [0.25, 0.3) is 0 Å². The molecule has 0 saturated heterocycles. The van der Waals surface area contributed by atoms with Crippen LogP contribution in [0.2, 0.25) is 0 Å². The first-order chi connectivity index (χ1) is 12.7. The molecular formula is C21H23FN2OS. The number of aromatic nitrogens is 1. The number of thiophene rings is 1. The summed E-state index contributed by atoms with van der Waals surface area (Å²) in [6, 6.07) is 14.4. The average Bonchev–Trinajstić information content (AvgIpc) is 3.30. The number of carbonyl (C=O) groups is 1. The van der Waals surface area contributed by atoms with E-state index in [0.29, 0.717) is 13.1 Å². The Morgan fingerprint density at radius 1 is 1.19 bits per heavy atom. The number of rotatable bonds is 8. The normalized spacial score (nSPS) is 10.8. The summed E-state index contributed by atoms with van der Waals surface area (Å²) in [6.45, 7) is 4.01. The summed E-state index contributed by atoms with van der Waals surface area (Å²) in [5.74, 6) is -0.152. The third-order valence-electron chi connectivity index (χ3n) is 4.32. The molecule has 0 atom stereocenters. The van der Waals surface area contributed by atoms with Crippen LogP contribution in [0.5, 0.6) is 0 Å². The number of nitrogens with zero attached hydrogens (tertiary/aromatic N) is 2. The summed E-state index contributed by atoms with van der Waals surface area (Å²) in [5.41, 5.74) is 1.96. The van der Waals surface area contributed by atoms with E-state index in [2.05, 4.69) is 11.5 Å². The van der Waals surface area contributed by atoms with E-state index in [1.54, 1.807) is 12.1 Å². The van der Waals surface area contributed by atoms with Gasteiger partial charge in [-0.15, -0.1) is 11.3 Å². The second-order valence-electron chi connectivity index (χ2n) is 6.31. The van der Waals surface area contributed by atoms with Crippen LogP contribution in [0.4, 0.5) is 4.39 Å². The van der Waals surface area contributed by atoms with Crippen molar-refractivity contribution < 1.29 is 9.18 Å². The molecule has 26 heavy (non-hydrogen) atoms. The third-order valence-corrected chi connectivity index (χ3v) is 5.18. The highest BCUT2D eigenvalue weighted by molar-refractivity contribution is 7.12. The topological polar surface area (TPSA) is 25.2 Å². The van der Waals surface area contributed by atoms with Gasteiger partial charge in [-0.1, -0.05) is 31.5 Å². The first-order valence-electron chi connectivity index (χ1n) is 8.88. The van der Waals surface area contributed by atoms with Gasteiger partial charge in [0.2, 0.25) is 0 Å². The van der Waals surface area contributed by atoms with Crippen LogP contribution < -0.4 is 0 Å². The minimum atomic E-state index is -0.228. The molecule has 0 radical (unpaired) electrons. The van der Waals surface area contributed by atoms with E-state index < -0.39 is 0 Å². The summed E-state index contributed by atoms with van der Waals surface area (Å²) in [7, 11) is 0. The molecule has 3 aromatic rings. The molecule has 0 unspecified atom stereocenters. The van der Waals surface area contributed by atoms with Crippen LogP contribution in [0.1, 0.15) is 40.7 Å². The lowest BCUT2D eigenvalue weighted by Crippen LogP contribution is -2.31. The van der Waals surface area contributed by atoms with Crippen molar-refractivity contribution >= 4 is 17.2 Å². The van der Waals surface area contributed by atoms with Gasteiger partial charge < -0.3 is 9.47 Å². The Hall–Kier alpha value is -2.40.